The van der Waals surface area contributed by atoms with E-state index in [-0.39, 0.29) is 22.8 Å². The Morgan fingerprint density at radius 3 is 2.69 bits per heavy atom. The van der Waals surface area contributed by atoms with Crippen LogP contribution in [0.4, 0.5) is 0 Å². The Bertz CT molecular complexity index is 776. The zero-order chi connectivity index (χ0) is 18.7. The molecule has 1 N–H and O–H groups in total. The van der Waals surface area contributed by atoms with Gasteiger partial charge in [0.15, 0.2) is 0 Å². The van der Waals surface area contributed by atoms with Crippen molar-refractivity contribution in [2.75, 3.05) is 7.11 Å². The zero-order valence-electron chi connectivity index (χ0n) is 15.6. The van der Waals surface area contributed by atoms with Gasteiger partial charge in [-0.2, -0.15) is 0 Å². The van der Waals surface area contributed by atoms with E-state index in [4.69, 9.17) is 9.47 Å². The summed E-state index contributed by atoms with van der Waals surface area (Å²) in [6, 6.07) is 15.6. The molecule has 3 rings (SSSR count). The lowest BCUT2D eigenvalue weighted by atomic mass is 9.89. The second kappa shape index (κ2) is 7.62. The van der Waals surface area contributed by atoms with Crippen LogP contribution in [0.15, 0.2) is 53.4 Å². The fraction of sp³-hybridized carbons (Fsp3) is 0.381. The third-order valence-electron chi connectivity index (χ3n) is 4.42. The summed E-state index contributed by atoms with van der Waals surface area (Å²) in [5.41, 5.74) is 0.629. The van der Waals surface area contributed by atoms with Crippen LogP contribution in [0, 0.1) is 0 Å². The van der Waals surface area contributed by atoms with E-state index in [0.29, 0.717) is 6.42 Å². The fourth-order valence-electron chi connectivity index (χ4n) is 3.13. The van der Waals surface area contributed by atoms with Gasteiger partial charge in [-0.25, -0.2) is 0 Å². The zero-order valence-corrected chi connectivity index (χ0v) is 16.4. The van der Waals surface area contributed by atoms with Crippen LogP contribution in [0.1, 0.15) is 38.8 Å². The van der Waals surface area contributed by atoms with E-state index < -0.39 is 0 Å². The first-order valence-corrected chi connectivity index (χ1v) is 9.65. The van der Waals surface area contributed by atoms with Crippen LogP contribution in [-0.4, -0.2) is 23.9 Å². The number of thioether (sulfide) groups is 1. The molecule has 0 aromatic heterocycles. The molecule has 1 aliphatic heterocycles. The molecule has 0 spiro atoms. The third-order valence-corrected chi connectivity index (χ3v) is 5.53. The molecule has 4 nitrogen and oxygen atoms in total. The Balaban J connectivity index is 1.77. The maximum Gasteiger partial charge on any atom is 0.233 e. The number of amides is 1. The highest BCUT2D eigenvalue weighted by Crippen LogP contribution is 2.41. The Labute approximate surface area is 159 Å². The lowest BCUT2D eigenvalue weighted by Gasteiger charge is -2.38. The largest absolute Gasteiger partial charge is 0.497 e. The number of methoxy groups -OCH3 is 1. The average Bonchev–Trinajstić information content (AvgIpc) is 2.61. The van der Waals surface area contributed by atoms with Crippen molar-refractivity contribution in [3.05, 3.63) is 54.1 Å². The van der Waals surface area contributed by atoms with Crippen molar-refractivity contribution in [3.63, 3.8) is 0 Å². The molecule has 2 aromatic carbocycles. The smallest absolute Gasteiger partial charge is 0.233 e. The Kier molecular flexibility index (Phi) is 5.47. The molecule has 1 aliphatic rings. The number of carbonyl (C=O) groups is 1. The highest BCUT2D eigenvalue weighted by Gasteiger charge is 2.35. The second-order valence-electron chi connectivity index (χ2n) is 7.10. The van der Waals surface area contributed by atoms with Crippen molar-refractivity contribution in [2.45, 2.75) is 49.0 Å². The number of rotatable bonds is 5. The van der Waals surface area contributed by atoms with Crippen LogP contribution in [0.5, 0.6) is 11.5 Å². The van der Waals surface area contributed by atoms with E-state index in [1.165, 1.54) is 0 Å². The van der Waals surface area contributed by atoms with Crippen molar-refractivity contribution in [1.29, 1.82) is 0 Å². The van der Waals surface area contributed by atoms with Crippen molar-refractivity contribution >= 4 is 17.7 Å². The predicted molar refractivity (Wildman–Crippen MR) is 105 cm³/mol. The van der Waals surface area contributed by atoms with Gasteiger partial charge >= 0.3 is 0 Å². The molecule has 1 heterocycles. The number of nitrogens with one attached hydrogen (secondary N) is 1. The first kappa shape index (κ1) is 18.6. The summed E-state index contributed by atoms with van der Waals surface area (Å²) in [6.07, 6.45) is 0.710. The van der Waals surface area contributed by atoms with Gasteiger partial charge < -0.3 is 14.8 Å². The molecule has 5 heteroatoms. The minimum atomic E-state index is -0.338. The molecule has 0 saturated carbocycles. The van der Waals surface area contributed by atoms with Crippen LogP contribution in [0.2, 0.25) is 0 Å². The SMILES string of the molecule is COc1ccc2c(c1)[C@@H](NC(=O)[C@H](C)Sc1ccccc1)CC(C)(C)O2. The molecule has 2 atom stereocenters. The highest BCUT2D eigenvalue weighted by molar-refractivity contribution is 8.00. The number of hydrogen-bond acceptors (Lipinski definition) is 4. The van der Waals surface area contributed by atoms with E-state index in [9.17, 15) is 4.79 Å². The summed E-state index contributed by atoms with van der Waals surface area (Å²) in [6.45, 7) is 6.02. The van der Waals surface area contributed by atoms with Gasteiger partial charge in [-0.15, -0.1) is 11.8 Å². The monoisotopic (exact) mass is 371 g/mol. The summed E-state index contributed by atoms with van der Waals surface area (Å²) < 4.78 is 11.4. The standard InChI is InChI=1S/C21H25NO3S/c1-14(26-16-8-6-5-7-9-16)20(23)22-18-13-21(2,3)25-19-11-10-15(24-4)12-17(18)19/h5-12,14,18H,13H2,1-4H3,(H,22,23)/t14-,18-/m0/s1. The van der Waals surface area contributed by atoms with Gasteiger partial charge in [0.25, 0.3) is 0 Å². The summed E-state index contributed by atoms with van der Waals surface area (Å²) in [5, 5.41) is 3.02. The number of carbonyl (C=O) groups excluding carboxylic acids is 1. The van der Waals surface area contributed by atoms with Gasteiger partial charge in [0, 0.05) is 16.9 Å². The average molecular weight is 372 g/mol. The van der Waals surface area contributed by atoms with E-state index in [1.54, 1.807) is 18.9 Å². The van der Waals surface area contributed by atoms with Gasteiger partial charge in [-0.1, -0.05) is 18.2 Å². The van der Waals surface area contributed by atoms with Crippen LogP contribution in [-0.2, 0) is 4.79 Å². The van der Waals surface area contributed by atoms with Crippen molar-refractivity contribution < 1.29 is 14.3 Å². The van der Waals surface area contributed by atoms with E-state index in [0.717, 1.165) is 22.0 Å². The highest BCUT2D eigenvalue weighted by atomic mass is 32.2. The first-order valence-electron chi connectivity index (χ1n) is 8.77. The van der Waals surface area contributed by atoms with Gasteiger partial charge in [0.2, 0.25) is 5.91 Å². The van der Waals surface area contributed by atoms with E-state index in [2.05, 4.69) is 5.32 Å². The maximum absolute atomic E-state index is 12.8. The maximum atomic E-state index is 12.8. The van der Waals surface area contributed by atoms with Crippen LogP contribution in [0.3, 0.4) is 0 Å². The van der Waals surface area contributed by atoms with Crippen LogP contribution < -0.4 is 14.8 Å². The fourth-order valence-corrected chi connectivity index (χ4v) is 4.03. The Morgan fingerprint density at radius 2 is 2.00 bits per heavy atom. The third kappa shape index (κ3) is 4.33. The molecule has 138 valence electrons. The molecule has 0 saturated heterocycles. The lowest BCUT2D eigenvalue weighted by molar-refractivity contribution is -0.121. The molecule has 0 radical (unpaired) electrons. The van der Waals surface area contributed by atoms with Crippen molar-refractivity contribution in [1.82, 2.24) is 5.32 Å². The molecule has 0 bridgehead atoms. The Morgan fingerprint density at radius 1 is 1.27 bits per heavy atom. The normalized spacial score (nSPS) is 19.0. The predicted octanol–water partition coefficient (Wildman–Crippen LogP) is 4.59. The Hall–Kier alpha value is -2.14. The molecule has 2 aromatic rings. The van der Waals surface area contributed by atoms with Gasteiger partial charge in [0.05, 0.1) is 18.4 Å². The number of fused-ring (bicyclic) bond motifs is 1. The summed E-state index contributed by atoms with van der Waals surface area (Å²) >= 11 is 1.56. The topological polar surface area (TPSA) is 47.6 Å². The molecule has 0 fully saturated rings. The van der Waals surface area contributed by atoms with Gasteiger partial charge in [0.1, 0.15) is 17.1 Å². The van der Waals surface area contributed by atoms with Crippen molar-refractivity contribution in [2.24, 2.45) is 0 Å². The molecule has 26 heavy (non-hydrogen) atoms. The quantitative estimate of drug-likeness (QED) is 0.781. The molecular weight excluding hydrogens is 346 g/mol. The van der Waals surface area contributed by atoms with Crippen molar-refractivity contribution in [3.8, 4) is 11.5 Å². The molecule has 1 amide bonds. The van der Waals surface area contributed by atoms with E-state index >= 15 is 0 Å². The second-order valence-corrected chi connectivity index (χ2v) is 8.52. The summed E-state index contributed by atoms with van der Waals surface area (Å²) in [7, 11) is 1.64. The number of ether oxygens (including phenoxy) is 2. The minimum absolute atomic E-state index is 0.0234. The lowest BCUT2D eigenvalue weighted by Crippen LogP contribution is -2.43. The molecule has 0 aliphatic carbocycles. The van der Waals surface area contributed by atoms with Gasteiger partial charge in [-0.05, 0) is 51.1 Å². The first-order chi connectivity index (χ1) is 12.4. The molecule has 0 unspecified atom stereocenters. The van der Waals surface area contributed by atoms with Crippen LogP contribution >= 0.6 is 11.8 Å². The summed E-state index contributed by atoms with van der Waals surface area (Å²) in [4.78, 5) is 13.9. The minimum Gasteiger partial charge on any atom is -0.497 e. The van der Waals surface area contributed by atoms with Gasteiger partial charge in [-0.3, -0.25) is 4.79 Å². The number of benzene rings is 2. The number of hydrogen-bond donors (Lipinski definition) is 1. The van der Waals surface area contributed by atoms with Crippen LogP contribution in [0.25, 0.3) is 0 Å². The summed E-state index contributed by atoms with van der Waals surface area (Å²) in [5.74, 6) is 1.59. The molecular formula is C21H25NO3S. The van der Waals surface area contributed by atoms with E-state index in [1.807, 2.05) is 69.3 Å².